The van der Waals surface area contributed by atoms with E-state index in [9.17, 15) is 4.79 Å². The molecule has 0 aliphatic carbocycles. The van der Waals surface area contributed by atoms with E-state index in [4.69, 9.17) is 18.0 Å². The standard InChI is InChI=1S/C14H28N2OS/c1-5-8-10-16(11(4)7-3)14(17)12(9-6-2)13(15)18/h11-12H,5-10H2,1-4H3,(H2,15,18). The zero-order chi connectivity index (χ0) is 14.1. The fourth-order valence-electron chi connectivity index (χ4n) is 1.97. The number of carbonyl (C=O) groups excluding carboxylic acids is 1. The van der Waals surface area contributed by atoms with Gasteiger partial charge in [0, 0.05) is 12.6 Å². The normalized spacial score (nSPS) is 14.0. The van der Waals surface area contributed by atoms with Gasteiger partial charge in [-0.2, -0.15) is 0 Å². The van der Waals surface area contributed by atoms with Crippen LogP contribution in [-0.4, -0.2) is 28.4 Å². The fourth-order valence-corrected chi connectivity index (χ4v) is 2.19. The van der Waals surface area contributed by atoms with Gasteiger partial charge in [-0.25, -0.2) is 0 Å². The fraction of sp³-hybridized carbons (Fsp3) is 0.857. The molecule has 0 rings (SSSR count). The minimum atomic E-state index is -0.282. The maximum Gasteiger partial charge on any atom is 0.232 e. The van der Waals surface area contributed by atoms with Gasteiger partial charge in [-0.15, -0.1) is 0 Å². The van der Waals surface area contributed by atoms with Crippen LogP contribution in [0.25, 0.3) is 0 Å². The molecule has 0 saturated heterocycles. The van der Waals surface area contributed by atoms with Crippen molar-refractivity contribution in [2.45, 2.75) is 65.8 Å². The van der Waals surface area contributed by atoms with Gasteiger partial charge in [0.2, 0.25) is 5.91 Å². The minimum absolute atomic E-state index is 0.118. The molecule has 2 unspecified atom stereocenters. The Bertz CT molecular complexity index is 269. The summed E-state index contributed by atoms with van der Waals surface area (Å²) in [6.45, 7) is 9.20. The van der Waals surface area contributed by atoms with Crippen LogP contribution in [0.1, 0.15) is 59.8 Å². The zero-order valence-corrected chi connectivity index (χ0v) is 13.1. The van der Waals surface area contributed by atoms with E-state index >= 15 is 0 Å². The zero-order valence-electron chi connectivity index (χ0n) is 12.2. The SMILES string of the molecule is CCCCN(C(=O)C(CCC)C(N)=S)C(C)CC. The van der Waals surface area contributed by atoms with Crippen molar-refractivity contribution in [3.8, 4) is 0 Å². The average molecular weight is 272 g/mol. The number of carbonyl (C=O) groups is 1. The van der Waals surface area contributed by atoms with E-state index < -0.39 is 0 Å². The summed E-state index contributed by atoms with van der Waals surface area (Å²) in [7, 11) is 0. The Morgan fingerprint density at radius 1 is 1.28 bits per heavy atom. The summed E-state index contributed by atoms with van der Waals surface area (Å²) >= 11 is 5.04. The molecule has 2 atom stereocenters. The lowest BCUT2D eigenvalue weighted by atomic mass is 10.0. The first kappa shape index (κ1) is 17.4. The van der Waals surface area contributed by atoms with E-state index in [0.29, 0.717) is 4.99 Å². The topological polar surface area (TPSA) is 46.3 Å². The Morgan fingerprint density at radius 2 is 1.89 bits per heavy atom. The lowest BCUT2D eigenvalue weighted by Crippen LogP contribution is -2.45. The molecule has 0 spiro atoms. The Morgan fingerprint density at radius 3 is 2.28 bits per heavy atom. The van der Waals surface area contributed by atoms with Crippen molar-refractivity contribution in [1.82, 2.24) is 4.90 Å². The van der Waals surface area contributed by atoms with Crippen molar-refractivity contribution in [3.05, 3.63) is 0 Å². The van der Waals surface area contributed by atoms with E-state index in [1.54, 1.807) is 0 Å². The van der Waals surface area contributed by atoms with Gasteiger partial charge < -0.3 is 10.6 Å². The second-order valence-corrected chi connectivity index (χ2v) is 5.36. The highest BCUT2D eigenvalue weighted by Crippen LogP contribution is 2.16. The molecule has 4 heteroatoms. The smallest absolute Gasteiger partial charge is 0.232 e. The molecule has 1 amide bonds. The summed E-state index contributed by atoms with van der Waals surface area (Å²) < 4.78 is 0. The molecule has 0 bridgehead atoms. The van der Waals surface area contributed by atoms with Gasteiger partial charge in [0.05, 0.1) is 10.9 Å². The first-order valence-corrected chi connectivity index (χ1v) is 7.50. The van der Waals surface area contributed by atoms with Crippen LogP contribution in [0.2, 0.25) is 0 Å². The van der Waals surface area contributed by atoms with Crippen molar-refractivity contribution in [2.24, 2.45) is 11.7 Å². The molecule has 18 heavy (non-hydrogen) atoms. The second-order valence-electron chi connectivity index (χ2n) is 4.89. The Kier molecular flexibility index (Phi) is 8.98. The van der Waals surface area contributed by atoms with Crippen LogP contribution in [0.4, 0.5) is 0 Å². The molecule has 0 aliphatic heterocycles. The van der Waals surface area contributed by atoms with Crippen LogP contribution >= 0.6 is 12.2 Å². The van der Waals surface area contributed by atoms with Gasteiger partial charge in [-0.05, 0) is 26.2 Å². The van der Waals surface area contributed by atoms with E-state index in [1.807, 2.05) is 4.90 Å². The Balaban J connectivity index is 4.83. The van der Waals surface area contributed by atoms with Crippen molar-refractivity contribution >= 4 is 23.1 Å². The van der Waals surface area contributed by atoms with Crippen molar-refractivity contribution in [2.75, 3.05) is 6.54 Å². The molecule has 0 aromatic carbocycles. The number of rotatable bonds is 9. The maximum atomic E-state index is 12.5. The number of thiocarbonyl (C=S) groups is 1. The molecular formula is C14H28N2OS. The summed E-state index contributed by atoms with van der Waals surface area (Å²) in [6.07, 6.45) is 4.77. The number of nitrogens with zero attached hydrogens (tertiary/aromatic N) is 1. The van der Waals surface area contributed by atoms with Crippen LogP contribution in [0.3, 0.4) is 0 Å². The molecule has 0 aromatic heterocycles. The number of hydrogen-bond donors (Lipinski definition) is 1. The van der Waals surface area contributed by atoms with Crippen LogP contribution in [0.5, 0.6) is 0 Å². The van der Waals surface area contributed by atoms with Crippen molar-refractivity contribution in [1.29, 1.82) is 0 Å². The predicted octanol–water partition coefficient (Wildman–Crippen LogP) is 3.12. The summed E-state index contributed by atoms with van der Waals surface area (Å²) in [5, 5.41) is 0. The highest BCUT2D eigenvalue weighted by molar-refractivity contribution is 7.80. The molecule has 0 aromatic rings. The summed E-state index contributed by atoms with van der Waals surface area (Å²) in [5.41, 5.74) is 5.72. The monoisotopic (exact) mass is 272 g/mol. The summed E-state index contributed by atoms with van der Waals surface area (Å²) in [5.74, 6) is -0.164. The summed E-state index contributed by atoms with van der Waals surface area (Å²) in [4.78, 5) is 14.8. The van der Waals surface area contributed by atoms with Crippen LogP contribution in [0, 0.1) is 5.92 Å². The second kappa shape index (κ2) is 9.31. The van der Waals surface area contributed by atoms with Crippen LogP contribution in [-0.2, 0) is 4.79 Å². The average Bonchev–Trinajstić information content (AvgIpc) is 2.35. The molecule has 2 N–H and O–H groups in total. The molecule has 0 fully saturated rings. The lowest BCUT2D eigenvalue weighted by Gasteiger charge is -2.31. The van der Waals surface area contributed by atoms with E-state index in [1.165, 1.54) is 0 Å². The molecule has 0 saturated carbocycles. The van der Waals surface area contributed by atoms with Gasteiger partial charge >= 0.3 is 0 Å². The molecule has 0 heterocycles. The number of unbranched alkanes of at least 4 members (excludes halogenated alkanes) is 1. The molecule has 3 nitrogen and oxygen atoms in total. The van der Waals surface area contributed by atoms with Gasteiger partial charge in [-0.1, -0.05) is 45.8 Å². The van der Waals surface area contributed by atoms with Gasteiger partial charge in [0.1, 0.15) is 0 Å². The number of hydrogen-bond acceptors (Lipinski definition) is 2. The quantitative estimate of drug-likeness (QED) is 0.656. The number of amides is 1. The van der Waals surface area contributed by atoms with Crippen molar-refractivity contribution < 1.29 is 4.79 Å². The van der Waals surface area contributed by atoms with Gasteiger partial charge in [0.25, 0.3) is 0 Å². The van der Waals surface area contributed by atoms with Gasteiger partial charge in [-0.3, -0.25) is 4.79 Å². The largest absolute Gasteiger partial charge is 0.393 e. The van der Waals surface area contributed by atoms with E-state index in [2.05, 4.69) is 27.7 Å². The van der Waals surface area contributed by atoms with Crippen LogP contribution in [0.15, 0.2) is 0 Å². The Labute approximate surface area is 117 Å². The van der Waals surface area contributed by atoms with E-state index in [-0.39, 0.29) is 17.9 Å². The van der Waals surface area contributed by atoms with Crippen LogP contribution < -0.4 is 5.73 Å². The third-order valence-corrected chi connectivity index (χ3v) is 3.66. The summed E-state index contributed by atoms with van der Waals surface area (Å²) in [6, 6.07) is 0.262. The van der Waals surface area contributed by atoms with E-state index in [0.717, 1.165) is 38.6 Å². The highest BCUT2D eigenvalue weighted by Gasteiger charge is 2.27. The van der Waals surface area contributed by atoms with Gasteiger partial charge in [0.15, 0.2) is 0 Å². The third-order valence-electron chi connectivity index (χ3n) is 3.38. The number of nitrogens with two attached hydrogens (primary N) is 1. The first-order valence-electron chi connectivity index (χ1n) is 7.09. The lowest BCUT2D eigenvalue weighted by molar-refractivity contribution is -0.135. The predicted molar refractivity (Wildman–Crippen MR) is 81.6 cm³/mol. The molecule has 0 aliphatic rings. The Hall–Kier alpha value is -0.640. The molecule has 0 radical (unpaired) electrons. The third kappa shape index (κ3) is 5.34. The highest BCUT2D eigenvalue weighted by atomic mass is 32.1. The maximum absolute atomic E-state index is 12.5. The van der Waals surface area contributed by atoms with Crippen molar-refractivity contribution in [3.63, 3.8) is 0 Å². The molecular weight excluding hydrogens is 244 g/mol. The first-order chi connectivity index (χ1) is 8.49. The minimum Gasteiger partial charge on any atom is -0.393 e. The molecule has 106 valence electrons.